The second-order valence-electron chi connectivity index (χ2n) is 5.06. The van der Waals surface area contributed by atoms with Crippen molar-refractivity contribution in [3.63, 3.8) is 0 Å². The summed E-state index contributed by atoms with van der Waals surface area (Å²) in [5, 5.41) is 17.3. The molecule has 2 heterocycles. The number of carbonyl (C=O) groups excluding carboxylic acids is 1. The quantitative estimate of drug-likeness (QED) is 0.857. The monoisotopic (exact) mass is 252 g/mol. The summed E-state index contributed by atoms with van der Waals surface area (Å²) < 4.78 is 1.81. The average molecular weight is 252 g/mol. The fourth-order valence-corrected chi connectivity index (χ4v) is 2.43. The predicted molar refractivity (Wildman–Crippen MR) is 65.5 cm³/mol. The SMILES string of the molecule is CCN1Cc2nnc(CO)n2[C@@H](CC(C)C)C1=O. The Bertz CT molecular complexity index is 441. The van der Waals surface area contributed by atoms with E-state index in [1.165, 1.54) is 0 Å². The number of hydrogen-bond acceptors (Lipinski definition) is 4. The summed E-state index contributed by atoms with van der Waals surface area (Å²) in [6.07, 6.45) is 0.743. The van der Waals surface area contributed by atoms with Crippen molar-refractivity contribution in [1.82, 2.24) is 19.7 Å². The lowest BCUT2D eigenvalue weighted by Crippen LogP contribution is -2.43. The number of fused-ring (bicyclic) bond motifs is 1. The van der Waals surface area contributed by atoms with E-state index in [2.05, 4.69) is 24.0 Å². The summed E-state index contributed by atoms with van der Waals surface area (Å²) in [6.45, 7) is 7.11. The van der Waals surface area contributed by atoms with E-state index in [1.807, 2.05) is 11.5 Å². The molecule has 6 heteroatoms. The summed E-state index contributed by atoms with van der Waals surface area (Å²) in [7, 11) is 0. The standard InChI is InChI=1S/C12H20N4O2/c1-4-15-6-10-13-14-11(7-17)16(10)9(12(15)18)5-8(2)3/h8-9,17H,4-7H2,1-3H3/t9-/m0/s1. The van der Waals surface area contributed by atoms with Crippen LogP contribution in [0.4, 0.5) is 0 Å². The van der Waals surface area contributed by atoms with E-state index in [1.54, 1.807) is 4.90 Å². The molecule has 1 aliphatic heterocycles. The Morgan fingerprint density at radius 1 is 1.44 bits per heavy atom. The van der Waals surface area contributed by atoms with Crippen molar-refractivity contribution in [2.75, 3.05) is 6.54 Å². The smallest absolute Gasteiger partial charge is 0.246 e. The summed E-state index contributed by atoms with van der Waals surface area (Å²) >= 11 is 0. The Morgan fingerprint density at radius 3 is 2.72 bits per heavy atom. The zero-order valence-electron chi connectivity index (χ0n) is 11.1. The third-order valence-electron chi connectivity index (χ3n) is 3.30. The molecule has 1 aromatic rings. The van der Waals surface area contributed by atoms with Crippen molar-refractivity contribution < 1.29 is 9.90 Å². The van der Waals surface area contributed by atoms with E-state index in [0.717, 1.165) is 12.2 Å². The number of carbonyl (C=O) groups is 1. The van der Waals surface area contributed by atoms with Gasteiger partial charge in [0.2, 0.25) is 5.91 Å². The summed E-state index contributed by atoms with van der Waals surface area (Å²) in [5.41, 5.74) is 0. The van der Waals surface area contributed by atoms with Gasteiger partial charge in [0, 0.05) is 6.54 Å². The van der Waals surface area contributed by atoms with Gasteiger partial charge in [0.15, 0.2) is 11.6 Å². The van der Waals surface area contributed by atoms with E-state index >= 15 is 0 Å². The maximum Gasteiger partial charge on any atom is 0.246 e. The highest BCUT2D eigenvalue weighted by molar-refractivity contribution is 5.81. The molecule has 1 N–H and O–H groups in total. The first kappa shape index (κ1) is 13.0. The minimum Gasteiger partial charge on any atom is -0.388 e. The van der Waals surface area contributed by atoms with Gasteiger partial charge in [-0.25, -0.2) is 0 Å². The number of amides is 1. The molecular formula is C12H20N4O2. The highest BCUT2D eigenvalue weighted by Gasteiger charge is 2.35. The van der Waals surface area contributed by atoms with Crippen LogP contribution in [0.3, 0.4) is 0 Å². The third-order valence-corrected chi connectivity index (χ3v) is 3.30. The van der Waals surface area contributed by atoms with Gasteiger partial charge in [0.25, 0.3) is 0 Å². The van der Waals surface area contributed by atoms with Crippen LogP contribution in [-0.4, -0.2) is 37.2 Å². The number of aliphatic hydroxyl groups is 1. The molecule has 1 aliphatic rings. The van der Waals surface area contributed by atoms with Crippen LogP contribution < -0.4 is 0 Å². The van der Waals surface area contributed by atoms with Gasteiger partial charge in [-0.05, 0) is 19.3 Å². The highest BCUT2D eigenvalue weighted by Crippen LogP contribution is 2.28. The van der Waals surface area contributed by atoms with Crippen molar-refractivity contribution in [1.29, 1.82) is 0 Å². The largest absolute Gasteiger partial charge is 0.388 e. The Hall–Kier alpha value is -1.43. The minimum atomic E-state index is -0.272. The van der Waals surface area contributed by atoms with Crippen molar-refractivity contribution in [2.24, 2.45) is 5.92 Å². The summed E-state index contributed by atoms with van der Waals surface area (Å²) in [6, 6.07) is -0.272. The highest BCUT2D eigenvalue weighted by atomic mass is 16.3. The van der Waals surface area contributed by atoms with Crippen LogP contribution in [0.5, 0.6) is 0 Å². The Labute approximate surface area is 107 Å². The van der Waals surface area contributed by atoms with E-state index in [4.69, 9.17) is 0 Å². The molecule has 1 aromatic heterocycles. The van der Waals surface area contributed by atoms with Gasteiger partial charge in [0.05, 0.1) is 6.54 Å². The molecule has 1 atom stereocenters. The number of rotatable bonds is 4. The van der Waals surface area contributed by atoms with Crippen LogP contribution in [-0.2, 0) is 17.9 Å². The van der Waals surface area contributed by atoms with Gasteiger partial charge >= 0.3 is 0 Å². The zero-order valence-corrected chi connectivity index (χ0v) is 11.1. The molecule has 0 aliphatic carbocycles. The van der Waals surface area contributed by atoms with Crippen molar-refractivity contribution in [3.05, 3.63) is 11.6 Å². The zero-order chi connectivity index (χ0) is 13.3. The van der Waals surface area contributed by atoms with Gasteiger partial charge in [-0.3, -0.25) is 9.36 Å². The number of aliphatic hydroxyl groups excluding tert-OH is 1. The maximum absolute atomic E-state index is 12.4. The van der Waals surface area contributed by atoms with Crippen LogP contribution in [0.25, 0.3) is 0 Å². The maximum atomic E-state index is 12.4. The first-order valence-corrected chi connectivity index (χ1v) is 6.40. The molecule has 0 radical (unpaired) electrons. The number of hydrogen-bond donors (Lipinski definition) is 1. The van der Waals surface area contributed by atoms with Gasteiger partial charge < -0.3 is 10.0 Å². The normalized spacial score (nSPS) is 19.5. The van der Waals surface area contributed by atoms with E-state index in [0.29, 0.717) is 24.8 Å². The fourth-order valence-electron chi connectivity index (χ4n) is 2.43. The van der Waals surface area contributed by atoms with Crippen LogP contribution in [0.15, 0.2) is 0 Å². The van der Waals surface area contributed by atoms with Crippen LogP contribution in [0.1, 0.15) is 44.9 Å². The van der Waals surface area contributed by atoms with Crippen LogP contribution >= 0.6 is 0 Å². The molecule has 2 rings (SSSR count). The van der Waals surface area contributed by atoms with Crippen LogP contribution in [0, 0.1) is 5.92 Å². The number of likely N-dealkylation sites (N-methyl/N-ethyl adjacent to an activating group) is 1. The molecule has 0 unspecified atom stereocenters. The van der Waals surface area contributed by atoms with Gasteiger partial charge in [-0.2, -0.15) is 0 Å². The van der Waals surface area contributed by atoms with Crippen molar-refractivity contribution in [2.45, 2.75) is 46.4 Å². The summed E-state index contributed by atoms with van der Waals surface area (Å²) in [4.78, 5) is 14.2. The third kappa shape index (κ3) is 2.12. The minimum absolute atomic E-state index is 0.105. The van der Waals surface area contributed by atoms with E-state index in [9.17, 15) is 9.90 Å². The lowest BCUT2D eigenvalue weighted by atomic mass is 10.0. The number of nitrogens with zero attached hydrogens (tertiary/aromatic N) is 4. The van der Waals surface area contributed by atoms with E-state index < -0.39 is 0 Å². The van der Waals surface area contributed by atoms with Crippen LogP contribution in [0.2, 0.25) is 0 Å². The van der Waals surface area contributed by atoms with E-state index in [-0.39, 0.29) is 18.6 Å². The molecule has 100 valence electrons. The molecule has 1 amide bonds. The average Bonchev–Trinajstić information content (AvgIpc) is 2.74. The molecular weight excluding hydrogens is 232 g/mol. The number of aromatic nitrogens is 3. The molecule has 0 fully saturated rings. The van der Waals surface area contributed by atoms with Crippen molar-refractivity contribution >= 4 is 5.91 Å². The predicted octanol–water partition coefficient (Wildman–Crippen LogP) is 0.720. The van der Waals surface area contributed by atoms with Gasteiger partial charge in [-0.1, -0.05) is 13.8 Å². The molecule has 0 saturated carbocycles. The lowest BCUT2D eigenvalue weighted by molar-refractivity contribution is -0.138. The molecule has 18 heavy (non-hydrogen) atoms. The molecule has 6 nitrogen and oxygen atoms in total. The Balaban J connectivity index is 2.41. The van der Waals surface area contributed by atoms with Gasteiger partial charge in [0.1, 0.15) is 12.6 Å². The Morgan fingerprint density at radius 2 is 2.17 bits per heavy atom. The second kappa shape index (κ2) is 5.06. The fraction of sp³-hybridized carbons (Fsp3) is 0.750. The van der Waals surface area contributed by atoms with Crippen molar-refractivity contribution in [3.8, 4) is 0 Å². The molecule has 0 bridgehead atoms. The topological polar surface area (TPSA) is 71.2 Å². The first-order valence-electron chi connectivity index (χ1n) is 6.40. The Kier molecular flexibility index (Phi) is 3.65. The molecule has 0 aromatic carbocycles. The molecule has 0 spiro atoms. The second-order valence-corrected chi connectivity index (χ2v) is 5.06. The molecule has 0 saturated heterocycles. The first-order chi connectivity index (χ1) is 8.58. The lowest BCUT2D eigenvalue weighted by Gasteiger charge is -2.33. The summed E-state index contributed by atoms with van der Waals surface area (Å²) in [5.74, 6) is 1.76. The van der Waals surface area contributed by atoms with Gasteiger partial charge in [-0.15, -0.1) is 10.2 Å².